The van der Waals surface area contributed by atoms with E-state index in [4.69, 9.17) is 43.2 Å². The molecule has 0 saturated heterocycles. The molecule has 0 N–H and O–H groups in total. The number of hydrogen-bond acceptors (Lipinski definition) is 9. The Bertz CT molecular complexity index is 9540. The Balaban J connectivity index is 0.000000108. The summed E-state index contributed by atoms with van der Waals surface area (Å²) >= 11 is 0. The molecule has 0 saturated carbocycles. The fraction of sp³-hybridized carbons (Fsp3) is 0. The van der Waals surface area contributed by atoms with Crippen molar-refractivity contribution in [3.05, 3.63) is 479 Å². The molecule has 28 aromatic rings. The van der Waals surface area contributed by atoms with E-state index in [2.05, 4.69) is 390 Å². The molecule has 138 heavy (non-hydrogen) atoms. The molecule has 19 aromatic carbocycles. The maximum atomic E-state index is 6.32. The van der Waals surface area contributed by atoms with Crippen LogP contribution >= 0.6 is 0 Å². The average Bonchev–Trinajstić information content (AvgIpc) is 1.57. The second kappa shape index (κ2) is 33.8. The predicted octanol–water partition coefficient (Wildman–Crippen LogP) is 33.1. The molecule has 0 aliphatic rings. The van der Waals surface area contributed by atoms with Crippen molar-refractivity contribution in [1.29, 1.82) is 0 Å². The van der Waals surface area contributed by atoms with Gasteiger partial charge >= 0.3 is 0 Å². The molecular formula is C126H79N9O3. The van der Waals surface area contributed by atoms with Crippen molar-refractivity contribution in [2.45, 2.75) is 0 Å². The van der Waals surface area contributed by atoms with Crippen molar-refractivity contribution in [2.24, 2.45) is 0 Å². The van der Waals surface area contributed by atoms with Crippen molar-refractivity contribution < 1.29 is 13.3 Å². The van der Waals surface area contributed by atoms with Crippen LogP contribution in [0.15, 0.2) is 492 Å². The molecule has 12 nitrogen and oxygen atoms in total. The molecule has 9 heterocycles. The molecule has 0 aliphatic heterocycles. The van der Waals surface area contributed by atoms with Crippen molar-refractivity contribution in [3.8, 4) is 130 Å². The third kappa shape index (κ3) is 14.2. The standard InChI is InChI=1S/2C46H29N3O.C34H21N3O/c1-3-13-30(14-4-1)31-15-11-16-32(27-31)40-29-41(33-25-26-37-36-20-8-10-24-43(36)50-44(37)28-33)48-46(47-40)39-22-12-21-38-35-19-7-9-23-42(35)49(45(38)39)34-17-5-2-6-18-34;1-3-12-30(13-4-1)31-22-24-32(25-23-31)39-29-40(36-18-11-21-44-45(36)37-17-8-10-20-43(37)50-44)48-46(47-39)33-26-27-42-38(28-33)35-16-7-9-19-41(35)49(42)34-14-5-2-6-15-34;1-2-11-22(12-3-1)27-21-28(25-16-10-20-32-33(25)26-15-6-9-19-31(26)38-32)36-34(35-27)37-29-17-7-4-13-23(29)24-14-5-8-18-30(24)37/h2*1-29H;1-21H. The van der Waals surface area contributed by atoms with E-state index in [1.807, 2.05) is 103 Å². The number of furan rings is 3. The highest BCUT2D eigenvalue weighted by Gasteiger charge is 2.26. The van der Waals surface area contributed by atoms with Crippen LogP contribution in [0.4, 0.5) is 0 Å². The molecule has 0 spiro atoms. The lowest BCUT2D eigenvalue weighted by Gasteiger charge is -2.13. The second-order valence-corrected chi connectivity index (χ2v) is 34.7. The Kier molecular flexibility index (Phi) is 19.6. The smallest absolute Gasteiger partial charge is 0.235 e. The predicted molar refractivity (Wildman–Crippen MR) is 565 cm³/mol. The first kappa shape index (κ1) is 80.1. The molecule has 0 amide bonds. The summed E-state index contributed by atoms with van der Waals surface area (Å²) < 4.78 is 25.6. The molecule has 28 rings (SSSR count). The van der Waals surface area contributed by atoms with Crippen LogP contribution in [-0.2, 0) is 0 Å². The highest BCUT2D eigenvalue weighted by Crippen LogP contribution is 2.46. The van der Waals surface area contributed by atoms with Crippen molar-refractivity contribution >= 4 is 131 Å². The van der Waals surface area contributed by atoms with Crippen LogP contribution in [-0.4, -0.2) is 43.6 Å². The second-order valence-electron chi connectivity index (χ2n) is 34.7. The Labute approximate surface area is 791 Å². The van der Waals surface area contributed by atoms with E-state index in [1.165, 1.54) is 38.2 Å². The third-order valence-corrected chi connectivity index (χ3v) is 26.5. The van der Waals surface area contributed by atoms with Crippen LogP contribution in [0.1, 0.15) is 0 Å². The van der Waals surface area contributed by atoms with Crippen LogP contribution in [0.5, 0.6) is 0 Å². The summed E-state index contributed by atoms with van der Waals surface area (Å²) in [5.41, 5.74) is 31.8. The van der Waals surface area contributed by atoms with E-state index in [0.717, 1.165) is 205 Å². The van der Waals surface area contributed by atoms with Gasteiger partial charge in [0.1, 0.15) is 33.5 Å². The van der Waals surface area contributed by atoms with Crippen molar-refractivity contribution in [2.75, 3.05) is 0 Å². The quantitative estimate of drug-likeness (QED) is 0.111. The van der Waals surface area contributed by atoms with Crippen molar-refractivity contribution in [1.82, 2.24) is 43.6 Å². The van der Waals surface area contributed by atoms with E-state index in [-0.39, 0.29) is 0 Å². The van der Waals surface area contributed by atoms with E-state index < -0.39 is 0 Å². The summed E-state index contributed by atoms with van der Waals surface area (Å²) in [5.74, 6) is 1.98. The van der Waals surface area contributed by atoms with Crippen molar-refractivity contribution in [3.63, 3.8) is 0 Å². The van der Waals surface area contributed by atoms with E-state index in [0.29, 0.717) is 17.6 Å². The van der Waals surface area contributed by atoms with Gasteiger partial charge in [-0.3, -0.25) is 4.57 Å². The number of hydrogen-bond donors (Lipinski definition) is 0. The maximum absolute atomic E-state index is 6.32. The van der Waals surface area contributed by atoms with Gasteiger partial charge in [0.2, 0.25) is 5.95 Å². The molecule has 0 fully saturated rings. The summed E-state index contributed by atoms with van der Waals surface area (Å²) in [6.07, 6.45) is 0. The first-order valence-electron chi connectivity index (χ1n) is 46.3. The number of para-hydroxylation sites is 10. The van der Waals surface area contributed by atoms with Gasteiger partial charge in [-0.2, -0.15) is 0 Å². The van der Waals surface area contributed by atoms with Gasteiger partial charge in [-0.05, 0) is 162 Å². The van der Waals surface area contributed by atoms with E-state index in [1.54, 1.807) is 0 Å². The van der Waals surface area contributed by atoms with Gasteiger partial charge in [0.15, 0.2) is 11.6 Å². The van der Waals surface area contributed by atoms with Crippen LogP contribution in [0.2, 0.25) is 0 Å². The normalized spacial score (nSPS) is 11.6. The molecule has 0 radical (unpaired) electrons. The highest BCUT2D eigenvalue weighted by molar-refractivity contribution is 6.17. The highest BCUT2D eigenvalue weighted by atomic mass is 16.3. The first-order valence-corrected chi connectivity index (χ1v) is 46.3. The van der Waals surface area contributed by atoms with Gasteiger partial charge < -0.3 is 22.4 Å². The minimum absolute atomic E-state index is 0.642. The zero-order valence-corrected chi connectivity index (χ0v) is 74.4. The van der Waals surface area contributed by atoms with Gasteiger partial charge in [-0.15, -0.1) is 0 Å². The Morgan fingerprint density at radius 3 is 1.09 bits per heavy atom. The minimum atomic E-state index is 0.642. The first-order chi connectivity index (χ1) is 68.4. The summed E-state index contributed by atoms with van der Waals surface area (Å²) in [7, 11) is 0. The lowest BCUT2D eigenvalue weighted by Crippen LogP contribution is -2.04. The topological polar surface area (TPSA) is 132 Å². The molecule has 0 atom stereocenters. The molecule has 12 heteroatoms. The molecule has 0 bridgehead atoms. The van der Waals surface area contributed by atoms with E-state index >= 15 is 0 Å². The molecule has 0 unspecified atom stereocenters. The molecule has 9 aromatic heterocycles. The summed E-state index contributed by atoms with van der Waals surface area (Å²) in [4.78, 5) is 31.6. The fourth-order valence-corrected chi connectivity index (χ4v) is 20.1. The van der Waals surface area contributed by atoms with Gasteiger partial charge in [-0.25, -0.2) is 29.9 Å². The molecule has 0 aliphatic carbocycles. The zero-order chi connectivity index (χ0) is 91.1. The molecule has 646 valence electrons. The number of rotatable bonds is 13. The number of aromatic nitrogens is 9. The Morgan fingerprint density at radius 1 is 0.159 bits per heavy atom. The lowest BCUT2D eigenvalue weighted by molar-refractivity contribution is 0.668. The fourth-order valence-electron chi connectivity index (χ4n) is 20.1. The monoisotopic (exact) mass is 1770 g/mol. The van der Waals surface area contributed by atoms with E-state index in [9.17, 15) is 0 Å². The lowest BCUT2D eigenvalue weighted by atomic mass is 10.00. The Morgan fingerprint density at radius 2 is 0.493 bits per heavy atom. The van der Waals surface area contributed by atoms with Crippen LogP contribution in [0, 0.1) is 0 Å². The Hall–Kier alpha value is -18.8. The number of benzene rings is 19. The zero-order valence-electron chi connectivity index (χ0n) is 74.4. The minimum Gasteiger partial charge on any atom is -0.456 e. The summed E-state index contributed by atoms with van der Waals surface area (Å²) in [6, 6.07) is 166. The van der Waals surface area contributed by atoms with Gasteiger partial charge in [0, 0.05) is 121 Å². The largest absolute Gasteiger partial charge is 0.456 e. The number of nitrogens with zero attached hydrogens (tertiary/aromatic N) is 9. The third-order valence-electron chi connectivity index (χ3n) is 26.5. The van der Waals surface area contributed by atoms with Crippen LogP contribution < -0.4 is 0 Å². The SMILES string of the molecule is c1ccc(-c2cc(-c3cccc4oc5ccccc5c34)nc(-n3c4ccccc4c4ccccc43)n2)cc1.c1ccc(-c2ccc(-c3cc(-c4cccc5oc6ccccc6c45)nc(-c4ccc5c(c4)c4ccccc4n5-c4ccccc4)n3)cc2)cc1.c1ccc(-c2cccc(-c3cc(-c4ccc5c(c4)oc4ccccc45)nc(-c4cccc5c6ccccc6n(-c6ccccc6)c45)n3)c2)cc1. The van der Waals surface area contributed by atoms with Gasteiger partial charge in [0.05, 0.1) is 67.3 Å². The maximum Gasteiger partial charge on any atom is 0.235 e. The summed E-state index contributed by atoms with van der Waals surface area (Å²) in [5, 5.41) is 13.5. The van der Waals surface area contributed by atoms with Crippen LogP contribution in [0.3, 0.4) is 0 Å². The number of fused-ring (bicyclic) bond motifs is 18. The van der Waals surface area contributed by atoms with Crippen LogP contribution in [0.25, 0.3) is 261 Å². The molecular weight excluding hydrogens is 1690 g/mol. The summed E-state index contributed by atoms with van der Waals surface area (Å²) in [6.45, 7) is 0. The average molecular weight is 1770 g/mol. The van der Waals surface area contributed by atoms with Gasteiger partial charge in [0.25, 0.3) is 0 Å². The van der Waals surface area contributed by atoms with Gasteiger partial charge in [-0.1, -0.05) is 340 Å².